The van der Waals surface area contributed by atoms with Crippen molar-refractivity contribution in [1.29, 1.82) is 0 Å². The largest absolute Gasteiger partial charge is 0.269 e. The molecule has 76 valence electrons. The van der Waals surface area contributed by atoms with Gasteiger partial charge in [0, 0.05) is 12.3 Å². The highest BCUT2D eigenvalue weighted by atomic mass is 32.2. The molecular formula is C10H9N3OS. The van der Waals surface area contributed by atoms with Crippen LogP contribution < -0.4 is 5.56 Å². The minimum atomic E-state index is -0.108. The molecule has 4 nitrogen and oxygen atoms in total. The van der Waals surface area contributed by atoms with Crippen LogP contribution in [0.3, 0.4) is 0 Å². The molecule has 0 aliphatic carbocycles. The monoisotopic (exact) mass is 219 g/mol. The minimum absolute atomic E-state index is 0.108. The van der Waals surface area contributed by atoms with Gasteiger partial charge in [-0.15, -0.1) is 11.8 Å². The van der Waals surface area contributed by atoms with E-state index in [4.69, 9.17) is 0 Å². The van der Waals surface area contributed by atoms with E-state index in [1.54, 1.807) is 30.7 Å². The van der Waals surface area contributed by atoms with Crippen molar-refractivity contribution in [2.45, 2.75) is 5.03 Å². The molecule has 0 aliphatic rings. The minimum Gasteiger partial charge on any atom is -0.269 e. The third-order valence-corrected chi connectivity index (χ3v) is 2.52. The summed E-state index contributed by atoms with van der Waals surface area (Å²) in [6.07, 6.45) is 6.84. The summed E-state index contributed by atoms with van der Waals surface area (Å²) in [6, 6.07) is 4.97. The lowest BCUT2D eigenvalue weighted by Gasteiger charge is -2.03. The maximum atomic E-state index is 11.5. The molecule has 0 spiro atoms. The van der Waals surface area contributed by atoms with Gasteiger partial charge in [-0.1, -0.05) is 6.07 Å². The Bertz CT molecular complexity index is 507. The molecule has 0 saturated carbocycles. The first-order valence-electron chi connectivity index (χ1n) is 4.35. The Morgan fingerprint density at radius 2 is 2.13 bits per heavy atom. The molecule has 0 amide bonds. The number of aromatic nitrogens is 3. The zero-order chi connectivity index (χ0) is 10.7. The normalized spacial score (nSPS) is 10.2. The Labute approximate surface area is 91.0 Å². The Morgan fingerprint density at radius 1 is 1.27 bits per heavy atom. The van der Waals surface area contributed by atoms with Crippen LogP contribution in [0.15, 0.2) is 46.6 Å². The molecule has 2 aromatic rings. The lowest BCUT2D eigenvalue weighted by Crippen LogP contribution is -2.16. The standard InChI is InChI=1S/C10H9N3OS/c1-15-9-7-11-8(6-12-9)13-5-3-2-4-10(13)14/h2-7H,1H3. The third kappa shape index (κ3) is 2.07. The fraction of sp³-hybridized carbons (Fsp3) is 0.100. The average molecular weight is 219 g/mol. The lowest BCUT2D eigenvalue weighted by atomic mass is 10.4. The highest BCUT2D eigenvalue weighted by Gasteiger charge is 2.00. The molecule has 0 aliphatic heterocycles. The van der Waals surface area contributed by atoms with Gasteiger partial charge in [-0.2, -0.15) is 0 Å². The van der Waals surface area contributed by atoms with Gasteiger partial charge in [-0.3, -0.25) is 9.36 Å². The van der Waals surface area contributed by atoms with Crippen molar-refractivity contribution in [3.8, 4) is 5.82 Å². The van der Waals surface area contributed by atoms with Crippen LogP contribution >= 0.6 is 11.8 Å². The number of rotatable bonds is 2. The number of pyridine rings is 1. The average Bonchev–Trinajstić information content (AvgIpc) is 2.30. The van der Waals surface area contributed by atoms with E-state index in [2.05, 4.69) is 9.97 Å². The molecule has 2 aromatic heterocycles. The molecule has 0 unspecified atom stereocenters. The molecule has 0 aromatic carbocycles. The summed E-state index contributed by atoms with van der Waals surface area (Å²) in [6.45, 7) is 0. The predicted molar refractivity (Wildman–Crippen MR) is 59.4 cm³/mol. The molecule has 0 N–H and O–H groups in total. The van der Waals surface area contributed by atoms with Crippen molar-refractivity contribution in [2.75, 3.05) is 6.26 Å². The van der Waals surface area contributed by atoms with Crippen molar-refractivity contribution in [1.82, 2.24) is 14.5 Å². The molecule has 2 rings (SSSR count). The molecular weight excluding hydrogens is 210 g/mol. The zero-order valence-corrected chi connectivity index (χ0v) is 8.94. The van der Waals surface area contributed by atoms with Crippen LogP contribution in [0, 0.1) is 0 Å². The molecule has 2 heterocycles. The first-order valence-corrected chi connectivity index (χ1v) is 5.58. The van der Waals surface area contributed by atoms with Crippen LogP contribution in [0.25, 0.3) is 5.82 Å². The zero-order valence-electron chi connectivity index (χ0n) is 8.12. The predicted octanol–water partition coefficient (Wildman–Crippen LogP) is 1.35. The molecule has 0 atom stereocenters. The summed E-state index contributed by atoms with van der Waals surface area (Å²) in [7, 11) is 0. The fourth-order valence-electron chi connectivity index (χ4n) is 1.16. The van der Waals surface area contributed by atoms with Gasteiger partial charge in [0.25, 0.3) is 5.56 Å². The summed E-state index contributed by atoms with van der Waals surface area (Å²) in [5.74, 6) is 0.540. The summed E-state index contributed by atoms with van der Waals surface area (Å²) in [4.78, 5) is 19.8. The van der Waals surface area contributed by atoms with Crippen molar-refractivity contribution in [2.24, 2.45) is 0 Å². The van der Waals surface area contributed by atoms with E-state index >= 15 is 0 Å². The van der Waals surface area contributed by atoms with Gasteiger partial charge in [-0.05, 0) is 12.3 Å². The maximum Gasteiger partial charge on any atom is 0.256 e. The smallest absolute Gasteiger partial charge is 0.256 e. The second kappa shape index (κ2) is 4.27. The van der Waals surface area contributed by atoms with E-state index in [9.17, 15) is 4.79 Å². The van der Waals surface area contributed by atoms with Gasteiger partial charge >= 0.3 is 0 Å². The lowest BCUT2D eigenvalue weighted by molar-refractivity contribution is 0.901. The van der Waals surface area contributed by atoms with E-state index in [1.165, 1.54) is 22.4 Å². The third-order valence-electron chi connectivity index (χ3n) is 1.89. The SMILES string of the molecule is CSc1cnc(-n2ccccc2=O)cn1. The van der Waals surface area contributed by atoms with E-state index in [0.717, 1.165) is 5.03 Å². The van der Waals surface area contributed by atoms with E-state index in [-0.39, 0.29) is 5.56 Å². The second-order valence-corrected chi connectivity index (χ2v) is 3.65. The van der Waals surface area contributed by atoms with E-state index in [1.807, 2.05) is 6.26 Å². The van der Waals surface area contributed by atoms with Gasteiger partial charge in [-0.25, -0.2) is 9.97 Å². The number of hydrogen-bond donors (Lipinski definition) is 0. The van der Waals surface area contributed by atoms with E-state index < -0.39 is 0 Å². The highest BCUT2D eigenvalue weighted by molar-refractivity contribution is 7.98. The quantitative estimate of drug-likeness (QED) is 0.715. The van der Waals surface area contributed by atoms with Gasteiger partial charge in [0.15, 0.2) is 5.82 Å². The van der Waals surface area contributed by atoms with Crippen LogP contribution in [-0.2, 0) is 0 Å². The Kier molecular flexibility index (Phi) is 2.82. The summed E-state index contributed by atoms with van der Waals surface area (Å²) < 4.78 is 1.46. The maximum absolute atomic E-state index is 11.5. The highest BCUT2D eigenvalue weighted by Crippen LogP contribution is 2.09. The molecule has 0 fully saturated rings. The fourth-order valence-corrected chi connectivity index (χ4v) is 1.47. The summed E-state index contributed by atoms with van der Waals surface area (Å²) >= 11 is 1.52. The molecule has 0 bridgehead atoms. The first-order chi connectivity index (χ1) is 7.31. The number of hydrogen-bond acceptors (Lipinski definition) is 4. The van der Waals surface area contributed by atoms with E-state index in [0.29, 0.717) is 5.82 Å². The Morgan fingerprint density at radius 3 is 2.73 bits per heavy atom. The molecule has 0 saturated heterocycles. The summed E-state index contributed by atoms with van der Waals surface area (Å²) in [5.41, 5.74) is -0.108. The first kappa shape index (κ1) is 9.92. The molecule has 0 radical (unpaired) electrons. The van der Waals surface area contributed by atoms with Crippen LogP contribution in [0.2, 0.25) is 0 Å². The van der Waals surface area contributed by atoms with Gasteiger partial charge in [0.1, 0.15) is 5.03 Å². The molecule has 5 heteroatoms. The van der Waals surface area contributed by atoms with Crippen LogP contribution in [0.5, 0.6) is 0 Å². The van der Waals surface area contributed by atoms with Crippen molar-refractivity contribution in [3.63, 3.8) is 0 Å². The van der Waals surface area contributed by atoms with Gasteiger partial charge in [0.2, 0.25) is 0 Å². The Balaban J connectivity index is 2.46. The second-order valence-electron chi connectivity index (χ2n) is 2.83. The van der Waals surface area contributed by atoms with Crippen LogP contribution in [-0.4, -0.2) is 20.8 Å². The topological polar surface area (TPSA) is 47.8 Å². The number of nitrogens with zero attached hydrogens (tertiary/aromatic N) is 3. The van der Waals surface area contributed by atoms with Crippen LogP contribution in [0.1, 0.15) is 0 Å². The summed E-state index contributed by atoms with van der Waals surface area (Å²) in [5, 5.41) is 0.836. The van der Waals surface area contributed by atoms with Gasteiger partial charge in [0.05, 0.1) is 12.4 Å². The molecule has 15 heavy (non-hydrogen) atoms. The van der Waals surface area contributed by atoms with Crippen LogP contribution in [0.4, 0.5) is 0 Å². The van der Waals surface area contributed by atoms with Crippen molar-refractivity contribution in [3.05, 3.63) is 47.1 Å². The Hall–Kier alpha value is -1.62. The van der Waals surface area contributed by atoms with Crippen molar-refractivity contribution >= 4 is 11.8 Å². The van der Waals surface area contributed by atoms with Gasteiger partial charge < -0.3 is 0 Å². The van der Waals surface area contributed by atoms with Crippen molar-refractivity contribution < 1.29 is 0 Å². The number of thioether (sulfide) groups is 1.